The molecule has 0 bridgehead atoms. The molecule has 0 spiro atoms. The van der Waals surface area contributed by atoms with Gasteiger partial charge in [0.15, 0.2) is 0 Å². The number of halogens is 2. The highest BCUT2D eigenvalue weighted by Gasteiger charge is 2.41. The van der Waals surface area contributed by atoms with Gasteiger partial charge in [-0.2, -0.15) is 0 Å². The summed E-state index contributed by atoms with van der Waals surface area (Å²) in [4.78, 5) is 11.8. The van der Waals surface area contributed by atoms with Crippen LogP contribution >= 0.6 is 27.5 Å². The van der Waals surface area contributed by atoms with Gasteiger partial charge in [-0.1, -0.05) is 33.6 Å². The fourth-order valence-electron chi connectivity index (χ4n) is 1.75. The van der Waals surface area contributed by atoms with E-state index in [1.807, 2.05) is 6.07 Å². The van der Waals surface area contributed by atoms with E-state index in [0.717, 1.165) is 22.9 Å². The molecule has 98 valence electrons. The second kappa shape index (κ2) is 5.59. The minimum atomic E-state index is -0.0487. The number of aliphatic hydroxyl groups excluding tert-OH is 1. The van der Waals surface area contributed by atoms with E-state index >= 15 is 0 Å². The molecule has 0 heterocycles. The van der Waals surface area contributed by atoms with E-state index in [9.17, 15) is 4.79 Å². The molecule has 1 aliphatic rings. The van der Waals surface area contributed by atoms with Gasteiger partial charge < -0.3 is 10.4 Å². The number of benzene rings is 1. The molecule has 0 unspecified atom stereocenters. The summed E-state index contributed by atoms with van der Waals surface area (Å²) in [7, 11) is 0. The Balaban J connectivity index is 1.87. The predicted octanol–water partition coefficient (Wildman–Crippen LogP) is 2.53. The van der Waals surface area contributed by atoms with Gasteiger partial charge in [-0.05, 0) is 30.5 Å². The molecule has 1 amide bonds. The molecule has 0 radical (unpaired) electrons. The molecule has 0 atom stereocenters. The molecule has 0 saturated heterocycles. The molecular weight excluding hydrogens is 318 g/mol. The Bertz CT molecular complexity index is 460. The van der Waals surface area contributed by atoms with E-state index < -0.39 is 0 Å². The van der Waals surface area contributed by atoms with E-state index in [-0.39, 0.29) is 17.9 Å². The topological polar surface area (TPSA) is 49.3 Å². The summed E-state index contributed by atoms with van der Waals surface area (Å²) in [6, 6.07) is 5.39. The van der Waals surface area contributed by atoms with Gasteiger partial charge in [0.1, 0.15) is 0 Å². The SMILES string of the molecule is O=C(Cc1ccc(Cl)cc1Br)NCC1(CO)CC1. The van der Waals surface area contributed by atoms with E-state index in [0.29, 0.717) is 18.0 Å². The number of rotatable bonds is 5. The lowest BCUT2D eigenvalue weighted by Crippen LogP contribution is -2.32. The van der Waals surface area contributed by atoms with Crippen molar-refractivity contribution < 1.29 is 9.90 Å². The minimum Gasteiger partial charge on any atom is -0.396 e. The molecule has 1 aliphatic carbocycles. The molecule has 3 nitrogen and oxygen atoms in total. The normalized spacial score (nSPS) is 16.4. The average molecular weight is 333 g/mol. The van der Waals surface area contributed by atoms with Crippen LogP contribution in [0.4, 0.5) is 0 Å². The number of hydrogen-bond donors (Lipinski definition) is 2. The highest BCUT2D eigenvalue weighted by molar-refractivity contribution is 9.10. The Morgan fingerprint density at radius 3 is 2.78 bits per heavy atom. The third kappa shape index (κ3) is 3.46. The summed E-state index contributed by atoms with van der Waals surface area (Å²) in [5.41, 5.74) is 0.859. The first-order valence-electron chi connectivity index (χ1n) is 5.86. The van der Waals surface area contributed by atoms with Crippen molar-refractivity contribution in [2.24, 2.45) is 5.41 Å². The van der Waals surface area contributed by atoms with Gasteiger partial charge in [-0.15, -0.1) is 0 Å². The molecule has 18 heavy (non-hydrogen) atoms. The lowest BCUT2D eigenvalue weighted by molar-refractivity contribution is -0.120. The van der Waals surface area contributed by atoms with Crippen molar-refractivity contribution in [2.45, 2.75) is 19.3 Å². The summed E-state index contributed by atoms with van der Waals surface area (Å²) in [5.74, 6) is -0.0299. The van der Waals surface area contributed by atoms with Crippen molar-refractivity contribution >= 4 is 33.4 Å². The van der Waals surface area contributed by atoms with Crippen LogP contribution in [0.3, 0.4) is 0 Å². The molecule has 5 heteroatoms. The van der Waals surface area contributed by atoms with Crippen LogP contribution in [0.15, 0.2) is 22.7 Å². The van der Waals surface area contributed by atoms with Crippen molar-refractivity contribution in [1.29, 1.82) is 0 Å². The number of carbonyl (C=O) groups excluding carboxylic acids is 1. The van der Waals surface area contributed by atoms with Gasteiger partial charge in [-0.25, -0.2) is 0 Å². The minimum absolute atomic E-state index is 0.0299. The first-order valence-corrected chi connectivity index (χ1v) is 7.03. The zero-order valence-electron chi connectivity index (χ0n) is 9.88. The number of hydrogen-bond acceptors (Lipinski definition) is 2. The van der Waals surface area contributed by atoms with Crippen LogP contribution in [0.25, 0.3) is 0 Å². The smallest absolute Gasteiger partial charge is 0.224 e. The van der Waals surface area contributed by atoms with Crippen molar-refractivity contribution in [3.63, 3.8) is 0 Å². The fraction of sp³-hybridized carbons (Fsp3) is 0.462. The van der Waals surface area contributed by atoms with Crippen LogP contribution in [-0.4, -0.2) is 24.2 Å². The van der Waals surface area contributed by atoms with Gasteiger partial charge in [0.2, 0.25) is 5.91 Å². The van der Waals surface area contributed by atoms with E-state index in [1.54, 1.807) is 12.1 Å². The van der Waals surface area contributed by atoms with Crippen molar-refractivity contribution in [1.82, 2.24) is 5.32 Å². The Kier molecular flexibility index (Phi) is 4.30. The van der Waals surface area contributed by atoms with Crippen molar-refractivity contribution in [3.05, 3.63) is 33.3 Å². The Morgan fingerprint density at radius 2 is 2.22 bits per heavy atom. The molecule has 0 aliphatic heterocycles. The first kappa shape index (κ1) is 13.8. The van der Waals surface area contributed by atoms with Crippen molar-refractivity contribution in [3.8, 4) is 0 Å². The van der Waals surface area contributed by atoms with E-state index in [1.165, 1.54) is 0 Å². The van der Waals surface area contributed by atoms with Gasteiger partial charge in [0.05, 0.1) is 13.0 Å². The molecule has 1 aromatic rings. The fourth-order valence-corrected chi connectivity index (χ4v) is 2.58. The molecule has 2 rings (SSSR count). The Hall–Kier alpha value is -0.580. The maximum atomic E-state index is 11.8. The molecule has 0 aromatic heterocycles. The summed E-state index contributed by atoms with van der Waals surface area (Å²) in [5, 5.41) is 12.7. The number of aliphatic hydroxyl groups is 1. The molecule has 2 N–H and O–H groups in total. The Labute approximate surface area is 120 Å². The van der Waals surface area contributed by atoms with E-state index in [2.05, 4.69) is 21.2 Å². The van der Waals surface area contributed by atoms with Crippen molar-refractivity contribution in [2.75, 3.05) is 13.2 Å². The number of amides is 1. The molecule has 1 aromatic carbocycles. The quantitative estimate of drug-likeness (QED) is 0.870. The summed E-state index contributed by atoms with van der Waals surface area (Å²) >= 11 is 9.23. The maximum Gasteiger partial charge on any atom is 0.224 e. The van der Waals surface area contributed by atoms with Gasteiger partial charge >= 0.3 is 0 Å². The van der Waals surface area contributed by atoms with Crippen LogP contribution in [-0.2, 0) is 11.2 Å². The number of carbonyl (C=O) groups is 1. The third-order valence-corrected chi connectivity index (χ3v) is 4.29. The van der Waals surface area contributed by atoms with E-state index in [4.69, 9.17) is 16.7 Å². The Morgan fingerprint density at radius 1 is 1.50 bits per heavy atom. The second-order valence-corrected chi connectivity index (χ2v) is 6.14. The monoisotopic (exact) mass is 331 g/mol. The standard InChI is InChI=1S/C13H15BrClNO2/c14-11-6-10(15)2-1-9(11)5-12(18)16-7-13(8-17)3-4-13/h1-2,6,17H,3-5,7-8H2,(H,16,18). The highest BCUT2D eigenvalue weighted by Crippen LogP contribution is 2.44. The second-order valence-electron chi connectivity index (χ2n) is 4.85. The summed E-state index contributed by atoms with van der Waals surface area (Å²) < 4.78 is 0.841. The van der Waals surface area contributed by atoms with Crippen LogP contribution in [0.5, 0.6) is 0 Å². The van der Waals surface area contributed by atoms with Gasteiger partial charge in [0, 0.05) is 21.5 Å². The van der Waals surface area contributed by atoms with Gasteiger partial charge in [0.25, 0.3) is 0 Å². The first-order chi connectivity index (χ1) is 8.54. The highest BCUT2D eigenvalue weighted by atomic mass is 79.9. The predicted molar refractivity (Wildman–Crippen MR) is 74.6 cm³/mol. The zero-order valence-corrected chi connectivity index (χ0v) is 12.2. The number of nitrogens with one attached hydrogen (secondary N) is 1. The average Bonchev–Trinajstić information content (AvgIpc) is 3.11. The maximum absolute atomic E-state index is 11.8. The van der Waals surface area contributed by atoms with Gasteiger partial charge in [-0.3, -0.25) is 4.79 Å². The lowest BCUT2D eigenvalue weighted by Gasteiger charge is -2.13. The lowest BCUT2D eigenvalue weighted by atomic mass is 10.1. The van der Waals surface area contributed by atoms with Crippen LogP contribution in [0, 0.1) is 5.41 Å². The van der Waals surface area contributed by atoms with Crippen LogP contribution < -0.4 is 5.32 Å². The van der Waals surface area contributed by atoms with Crippen LogP contribution in [0.2, 0.25) is 5.02 Å². The molecule has 1 saturated carbocycles. The summed E-state index contributed by atoms with van der Waals surface area (Å²) in [6.07, 6.45) is 2.31. The zero-order chi connectivity index (χ0) is 13.2. The summed E-state index contributed by atoms with van der Waals surface area (Å²) in [6.45, 7) is 0.714. The largest absolute Gasteiger partial charge is 0.396 e. The third-order valence-electron chi connectivity index (χ3n) is 3.32. The molecular formula is C13H15BrClNO2. The molecule has 1 fully saturated rings. The van der Waals surface area contributed by atoms with Crippen LogP contribution in [0.1, 0.15) is 18.4 Å².